The maximum atomic E-state index is 12.6. The first-order valence-corrected chi connectivity index (χ1v) is 11.3. The van der Waals surface area contributed by atoms with E-state index in [1.54, 1.807) is 11.8 Å². The van der Waals surface area contributed by atoms with Gasteiger partial charge in [0.1, 0.15) is 0 Å². The molecular weight excluding hydrogens is 356 g/mol. The molecule has 2 fully saturated rings. The van der Waals surface area contributed by atoms with Gasteiger partial charge in [-0.05, 0) is 69.2 Å². The van der Waals surface area contributed by atoms with Crippen molar-refractivity contribution >= 4 is 23.6 Å². The van der Waals surface area contributed by atoms with Gasteiger partial charge in [-0.1, -0.05) is 6.07 Å². The summed E-state index contributed by atoms with van der Waals surface area (Å²) in [5, 5.41) is 0. The Hall–Kier alpha value is -1.49. The highest BCUT2D eigenvalue weighted by atomic mass is 32.2. The van der Waals surface area contributed by atoms with E-state index in [0.717, 1.165) is 57.6 Å². The van der Waals surface area contributed by atoms with Gasteiger partial charge in [-0.3, -0.25) is 9.59 Å². The quantitative estimate of drug-likeness (QED) is 0.715. The molecule has 27 heavy (non-hydrogen) atoms. The second kappa shape index (κ2) is 9.63. The average Bonchev–Trinajstić information content (AvgIpc) is 2.71. The zero-order valence-corrected chi connectivity index (χ0v) is 17.5. The number of nitrogens with zero attached hydrogens (tertiary/aromatic N) is 2. The summed E-state index contributed by atoms with van der Waals surface area (Å²) in [6.45, 7) is 7.56. The molecule has 1 aromatic carbocycles. The van der Waals surface area contributed by atoms with Gasteiger partial charge in [0.25, 0.3) is 0 Å². The molecule has 2 saturated heterocycles. The lowest BCUT2D eigenvalue weighted by atomic mass is 9.94. The predicted molar refractivity (Wildman–Crippen MR) is 111 cm³/mol. The lowest BCUT2D eigenvalue weighted by molar-refractivity contribution is -0.141. The number of hydrogen-bond acceptors (Lipinski definition) is 3. The number of benzene rings is 1. The predicted octanol–water partition coefficient (Wildman–Crippen LogP) is 4.04. The monoisotopic (exact) mass is 388 g/mol. The van der Waals surface area contributed by atoms with Crippen LogP contribution in [0.3, 0.4) is 0 Å². The summed E-state index contributed by atoms with van der Waals surface area (Å²) in [6, 6.07) is 6.47. The molecule has 0 radical (unpaired) electrons. The number of carbonyl (C=O) groups excluding carboxylic acids is 2. The summed E-state index contributed by atoms with van der Waals surface area (Å²) in [5.41, 5.74) is 2.60. The van der Waals surface area contributed by atoms with Crippen molar-refractivity contribution in [2.24, 2.45) is 5.92 Å². The summed E-state index contributed by atoms with van der Waals surface area (Å²) < 4.78 is 0. The summed E-state index contributed by atoms with van der Waals surface area (Å²) in [7, 11) is 0. The number of amides is 2. The Morgan fingerprint density at radius 1 is 0.963 bits per heavy atom. The van der Waals surface area contributed by atoms with E-state index in [2.05, 4.69) is 32.0 Å². The Morgan fingerprint density at radius 2 is 1.67 bits per heavy atom. The van der Waals surface area contributed by atoms with Gasteiger partial charge in [0.15, 0.2) is 0 Å². The van der Waals surface area contributed by atoms with Crippen LogP contribution in [-0.4, -0.2) is 53.5 Å². The topological polar surface area (TPSA) is 40.6 Å². The minimum Gasteiger partial charge on any atom is -0.343 e. The van der Waals surface area contributed by atoms with Gasteiger partial charge in [0, 0.05) is 49.2 Å². The Morgan fingerprint density at radius 3 is 2.33 bits per heavy atom. The van der Waals surface area contributed by atoms with Crippen molar-refractivity contribution in [3.05, 3.63) is 29.3 Å². The van der Waals surface area contributed by atoms with Crippen LogP contribution in [0, 0.1) is 19.8 Å². The fourth-order valence-electron chi connectivity index (χ4n) is 3.97. The van der Waals surface area contributed by atoms with Gasteiger partial charge in [-0.25, -0.2) is 0 Å². The van der Waals surface area contributed by atoms with E-state index in [1.807, 2.05) is 9.80 Å². The number of carbonyl (C=O) groups is 2. The van der Waals surface area contributed by atoms with Crippen LogP contribution >= 0.6 is 11.8 Å². The maximum Gasteiger partial charge on any atom is 0.225 e. The van der Waals surface area contributed by atoms with Crippen LogP contribution in [0.25, 0.3) is 0 Å². The molecule has 4 nitrogen and oxygen atoms in total. The highest BCUT2D eigenvalue weighted by Crippen LogP contribution is 2.24. The number of rotatable bonds is 5. The van der Waals surface area contributed by atoms with Gasteiger partial charge in [0.2, 0.25) is 11.8 Å². The molecule has 0 bridgehead atoms. The third kappa shape index (κ3) is 5.50. The van der Waals surface area contributed by atoms with E-state index in [9.17, 15) is 9.59 Å². The zero-order chi connectivity index (χ0) is 19.2. The molecule has 2 heterocycles. The van der Waals surface area contributed by atoms with Crippen molar-refractivity contribution in [1.29, 1.82) is 0 Å². The highest BCUT2D eigenvalue weighted by molar-refractivity contribution is 7.99. The SMILES string of the molecule is Cc1ccc(SCCC(=O)N2CCC(C(=O)N3CCCCC3)CC2)cc1C. The van der Waals surface area contributed by atoms with Crippen LogP contribution < -0.4 is 0 Å². The number of aryl methyl sites for hydroxylation is 2. The van der Waals surface area contributed by atoms with Crippen molar-refractivity contribution in [3.63, 3.8) is 0 Å². The first-order chi connectivity index (χ1) is 13.0. The molecule has 148 valence electrons. The van der Waals surface area contributed by atoms with Gasteiger partial charge in [-0.2, -0.15) is 0 Å². The standard InChI is InChI=1S/C22H32N2O2S/c1-17-6-7-20(16-18(17)2)27-15-10-21(25)23-13-8-19(9-14-23)22(26)24-11-4-3-5-12-24/h6-7,16,19H,3-5,8-15H2,1-2H3. The van der Waals surface area contributed by atoms with Crippen molar-refractivity contribution in [2.75, 3.05) is 31.9 Å². The molecule has 2 amide bonds. The molecule has 0 aliphatic carbocycles. The van der Waals surface area contributed by atoms with E-state index in [0.29, 0.717) is 12.3 Å². The second-order valence-electron chi connectivity index (χ2n) is 7.89. The molecule has 1 aromatic rings. The van der Waals surface area contributed by atoms with Crippen molar-refractivity contribution in [3.8, 4) is 0 Å². The van der Waals surface area contributed by atoms with Crippen LogP contribution in [0.5, 0.6) is 0 Å². The lowest BCUT2D eigenvalue weighted by Gasteiger charge is -2.35. The van der Waals surface area contributed by atoms with Gasteiger partial charge >= 0.3 is 0 Å². The molecule has 0 saturated carbocycles. The number of thioether (sulfide) groups is 1. The molecule has 0 aromatic heterocycles. The minimum absolute atomic E-state index is 0.122. The van der Waals surface area contributed by atoms with Crippen molar-refractivity contribution < 1.29 is 9.59 Å². The number of likely N-dealkylation sites (tertiary alicyclic amines) is 2. The van der Waals surface area contributed by atoms with Gasteiger partial charge < -0.3 is 9.80 Å². The molecule has 0 N–H and O–H groups in total. The van der Waals surface area contributed by atoms with Gasteiger partial charge in [-0.15, -0.1) is 11.8 Å². The van der Waals surface area contributed by atoms with Crippen LogP contribution in [0.15, 0.2) is 23.1 Å². The first-order valence-electron chi connectivity index (χ1n) is 10.3. The average molecular weight is 389 g/mol. The smallest absolute Gasteiger partial charge is 0.225 e. The summed E-state index contributed by atoms with van der Waals surface area (Å²) in [5.74, 6) is 1.49. The van der Waals surface area contributed by atoms with Crippen LogP contribution in [0.4, 0.5) is 0 Å². The molecule has 0 spiro atoms. The van der Waals surface area contributed by atoms with Crippen molar-refractivity contribution in [1.82, 2.24) is 9.80 Å². The molecule has 5 heteroatoms. The van der Waals surface area contributed by atoms with Crippen LogP contribution in [0.2, 0.25) is 0 Å². The Kier molecular flexibility index (Phi) is 7.22. The van der Waals surface area contributed by atoms with E-state index < -0.39 is 0 Å². The molecule has 2 aliphatic heterocycles. The first kappa shape index (κ1) is 20.2. The Labute approximate surface area is 167 Å². The normalized spacial score (nSPS) is 18.6. The lowest BCUT2D eigenvalue weighted by Crippen LogP contribution is -2.45. The van der Waals surface area contributed by atoms with E-state index >= 15 is 0 Å². The fraction of sp³-hybridized carbons (Fsp3) is 0.636. The van der Waals surface area contributed by atoms with Gasteiger partial charge in [0.05, 0.1) is 0 Å². The molecule has 3 rings (SSSR count). The van der Waals surface area contributed by atoms with Crippen LogP contribution in [-0.2, 0) is 9.59 Å². The number of hydrogen-bond donors (Lipinski definition) is 0. The van der Waals surface area contributed by atoms with Crippen LogP contribution in [0.1, 0.15) is 49.7 Å². The van der Waals surface area contributed by atoms with E-state index in [1.165, 1.54) is 22.4 Å². The number of piperidine rings is 2. The Balaban J connectivity index is 1.39. The molecule has 0 unspecified atom stereocenters. The van der Waals surface area contributed by atoms with E-state index in [4.69, 9.17) is 0 Å². The fourth-order valence-corrected chi connectivity index (χ4v) is 4.90. The van der Waals surface area contributed by atoms with Crippen molar-refractivity contribution in [2.45, 2.75) is 57.3 Å². The van der Waals surface area contributed by atoms with E-state index in [-0.39, 0.29) is 11.8 Å². The zero-order valence-electron chi connectivity index (χ0n) is 16.7. The minimum atomic E-state index is 0.122. The highest BCUT2D eigenvalue weighted by Gasteiger charge is 2.30. The Bertz CT molecular complexity index is 662. The third-order valence-corrected chi connectivity index (χ3v) is 6.92. The maximum absolute atomic E-state index is 12.6. The molecule has 2 aliphatic rings. The second-order valence-corrected chi connectivity index (χ2v) is 9.05. The summed E-state index contributed by atoms with van der Waals surface area (Å²) in [6.07, 6.45) is 5.75. The largest absolute Gasteiger partial charge is 0.343 e. The molecule has 0 atom stereocenters. The third-order valence-electron chi connectivity index (χ3n) is 5.93. The molecular formula is C22H32N2O2S. The summed E-state index contributed by atoms with van der Waals surface area (Å²) in [4.78, 5) is 30.4. The summed E-state index contributed by atoms with van der Waals surface area (Å²) >= 11 is 1.75.